The third kappa shape index (κ3) is 3.94. The van der Waals surface area contributed by atoms with Crippen LogP contribution in [-0.4, -0.2) is 41.4 Å². The molecule has 2 aliphatic rings. The number of rotatable bonds is 5. The fourth-order valence-electron chi connectivity index (χ4n) is 3.52. The summed E-state index contributed by atoms with van der Waals surface area (Å²) in [6.07, 6.45) is 3.65. The Kier molecular flexibility index (Phi) is 5.25. The molecule has 1 saturated heterocycles. The molecule has 25 heavy (non-hydrogen) atoms. The Balaban J connectivity index is 1.64. The highest BCUT2D eigenvalue weighted by molar-refractivity contribution is 5.89. The zero-order chi connectivity index (χ0) is 18.0. The molecule has 2 heterocycles. The average molecular weight is 345 g/mol. The van der Waals surface area contributed by atoms with Gasteiger partial charge in [0, 0.05) is 30.3 Å². The Labute approximate surface area is 148 Å². The van der Waals surface area contributed by atoms with Gasteiger partial charge in [-0.25, -0.2) is 4.98 Å². The molecule has 2 amide bonds. The van der Waals surface area contributed by atoms with Gasteiger partial charge >= 0.3 is 0 Å². The van der Waals surface area contributed by atoms with E-state index in [1.54, 1.807) is 12.0 Å². The van der Waals surface area contributed by atoms with E-state index in [-0.39, 0.29) is 23.8 Å². The number of piperidine rings is 1. The number of ether oxygens (including phenoxy) is 1. The molecule has 6 heteroatoms. The van der Waals surface area contributed by atoms with Crippen molar-refractivity contribution in [1.29, 1.82) is 0 Å². The molecule has 0 spiro atoms. The van der Waals surface area contributed by atoms with Gasteiger partial charge in [0.25, 0.3) is 0 Å². The lowest BCUT2D eigenvalue weighted by atomic mass is 10.0. The molecule has 0 unspecified atom stereocenters. The molecule has 6 nitrogen and oxygen atoms in total. The minimum absolute atomic E-state index is 0.0796. The number of methoxy groups -OCH3 is 1. The van der Waals surface area contributed by atoms with Gasteiger partial charge in [0.2, 0.25) is 17.7 Å². The normalized spacial score (nSPS) is 25.4. The Bertz CT molecular complexity index is 661. The lowest BCUT2D eigenvalue weighted by Crippen LogP contribution is -2.52. The molecular weight excluding hydrogens is 318 g/mol. The van der Waals surface area contributed by atoms with Crippen molar-refractivity contribution in [2.45, 2.75) is 52.1 Å². The van der Waals surface area contributed by atoms with E-state index in [4.69, 9.17) is 4.74 Å². The van der Waals surface area contributed by atoms with E-state index in [1.165, 1.54) is 0 Å². The third-order valence-electron chi connectivity index (χ3n) is 5.24. The molecule has 1 saturated carbocycles. The second-order valence-corrected chi connectivity index (χ2v) is 7.20. The van der Waals surface area contributed by atoms with Crippen molar-refractivity contribution in [1.82, 2.24) is 15.2 Å². The van der Waals surface area contributed by atoms with E-state index >= 15 is 0 Å². The van der Waals surface area contributed by atoms with Crippen LogP contribution in [0, 0.1) is 18.8 Å². The van der Waals surface area contributed by atoms with Gasteiger partial charge in [0.1, 0.15) is 6.04 Å². The Morgan fingerprint density at radius 3 is 2.80 bits per heavy atom. The van der Waals surface area contributed by atoms with Crippen LogP contribution in [0.2, 0.25) is 0 Å². The first-order valence-corrected chi connectivity index (χ1v) is 9.10. The molecule has 136 valence electrons. The number of hydrogen-bond acceptors (Lipinski definition) is 4. The third-order valence-corrected chi connectivity index (χ3v) is 5.24. The molecule has 1 aromatic heterocycles. The Hall–Kier alpha value is -2.11. The van der Waals surface area contributed by atoms with Crippen molar-refractivity contribution in [3.8, 4) is 5.88 Å². The molecule has 0 aromatic carbocycles. The maximum Gasteiger partial charge on any atom is 0.243 e. The van der Waals surface area contributed by atoms with E-state index in [1.807, 2.05) is 19.1 Å². The van der Waals surface area contributed by atoms with Crippen molar-refractivity contribution >= 4 is 11.8 Å². The number of carbonyl (C=O) groups excluding carboxylic acids is 2. The summed E-state index contributed by atoms with van der Waals surface area (Å²) in [6, 6.07) is 3.46. The lowest BCUT2D eigenvalue weighted by Gasteiger charge is -2.35. The minimum atomic E-state index is -0.349. The summed E-state index contributed by atoms with van der Waals surface area (Å²) in [4.78, 5) is 31.5. The molecule has 3 atom stereocenters. The molecule has 2 fully saturated rings. The highest BCUT2D eigenvalue weighted by Crippen LogP contribution is 2.40. The van der Waals surface area contributed by atoms with Gasteiger partial charge in [-0.05, 0) is 44.6 Å². The maximum absolute atomic E-state index is 12.7. The first-order valence-electron chi connectivity index (χ1n) is 9.10. The van der Waals surface area contributed by atoms with Gasteiger partial charge < -0.3 is 15.0 Å². The monoisotopic (exact) mass is 345 g/mol. The van der Waals surface area contributed by atoms with Crippen LogP contribution in [-0.2, 0) is 16.1 Å². The van der Waals surface area contributed by atoms with Gasteiger partial charge in [0.05, 0.1) is 7.11 Å². The number of amides is 2. The molecular formula is C19H27N3O3. The van der Waals surface area contributed by atoms with E-state index in [9.17, 15) is 9.59 Å². The number of nitrogens with zero attached hydrogens (tertiary/aromatic N) is 2. The standard InChI is InChI=1S/C19H27N3O3/c1-12-10-15(12)19(24)22-9-5-4-6-16(22)17(23)20-11-14-8-7-13(2)21-18(14)25-3/h7-8,12,15-16H,4-6,9-11H2,1-3H3,(H,20,23)/t12-,15-,16-/m0/s1. The number of likely N-dealkylation sites (tertiary alicyclic amines) is 1. The second-order valence-electron chi connectivity index (χ2n) is 7.20. The molecule has 1 aromatic rings. The van der Waals surface area contributed by atoms with Crippen LogP contribution in [0.1, 0.15) is 43.9 Å². The smallest absolute Gasteiger partial charge is 0.243 e. The summed E-state index contributed by atoms with van der Waals surface area (Å²) in [5.41, 5.74) is 1.71. The molecule has 0 bridgehead atoms. The van der Waals surface area contributed by atoms with Crippen molar-refractivity contribution in [3.05, 3.63) is 23.4 Å². The number of hydrogen-bond donors (Lipinski definition) is 1. The molecule has 3 rings (SSSR count). The highest BCUT2D eigenvalue weighted by Gasteiger charge is 2.44. The highest BCUT2D eigenvalue weighted by atomic mass is 16.5. The Morgan fingerprint density at radius 2 is 2.12 bits per heavy atom. The molecule has 1 aliphatic carbocycles. The van der Waals surface area contributed by atoms with Crippen LogP contribution in [0.5, 0.6) is 5.88 Å². The molecule has 0 radical (unpaired) electrons. The maximum atomic E-state index is 12.7. The van der Waals surface area contributed by atoms with Gasteiger partial charge in [0.15, 0.2) is 0 Å². The van der Waals surface area contributed by atoms with E-state index in [0.717, 1.165) is 36.9 Å². The summed E-state index contributed by atoms with van der Waals surface area (Å²) < 4.78 is 5.29. The number of aromatic nitrogens is 1. The Morgan fingerprint density at radius 1 is 1.36 bits per heavy atom. The van der Waals surface area contributed by atoms with E-state index in [2.05, 4.69) is 17.2 Å². The van der Waals surface area contributed by atoms with Gasteiger partial charge in [-0.15, -0.1) is 0 Å². The van der Waals surface area contributed by atoms with Crippen molar-refractivity contribution in [2.24, 2.45) is 11.8 Å². The SMILES string of the molecule is COc1nc(C)ccc1CNC(=O)[C@@H]1CCCCN1C(=O)[C@H]1C[C@@H]1C. The lowest BCUT2D eigenvalue weighted by molar-refractivity contribution is -0.143. The summed E-state index contributed by atoms with van der Waals surface area (Å²) in [7, 11) is 1.57. The van der Waals surface area contributed by atoms with Crippen LogP contribution >= 0.6 is 0 Å². The van der Waals surface area contributed by atoms with E-state index < -0.39 is 0 Å². The summed E-state index contributed by atoms with van der Waals surface area (Å²) >= 11 is 0. The summed E-state index contributed by atoms with van der Waals surface area (Å²) in [5.74, 6) is 1.19. The van der Waals surface area contributed by atoms with E-state index in [0.29, 0.717) is 24.9 Å². The van der Waals surface area contributed by atoms with Crippen LogP contribution in [0.15, 0.2) is 12.1 Å². The van der Waals surface area contributed by atoms with Crippen LogP contribution in [0.3, 0.4) is 0 Å². The number of carbonyl (C=O) groups is 2. The number of nitrogens with one attached hydrogen (secondary N) is 1. The molecule has 1 N–H and O–H groups in total. The average Bonchev–Trinajstić information content (AvgIpc) is 3.36. The largest absolute Gasteiger partial charge is 0.481 e. The first-order chi connectivity index (χ1) is 12.0. The first kappa shape index (κ1) is 17.7. The second kappa shape index (κ2) is 7.42. The minimum Gasteiger partial charge on any atom is -0.481 e. The fourth-order valence-corrected chi connectivity index (χ4v) is 3.52. The zero-order valence-electron chi connectivity index (χ0n) is 15.2. The number of aryl methyl sites for hydroxylation is 1. The van der Waals surface area contributed by atoms with Crippen LogP contribution < -0.4 is 10.1 Å². The van der Waals surface area contributed by atoms with Crippen molar-refractivity contribution < 1.29 is 14.3 Å². The quantitative estimate of drug-likeness (QED) is 0.887. The van der Waals surface area contributed by atoms with Crippen LogP contribution in [0.25, 0.3) is 0 Å². The van der Waals surface area contributed by atoms with Crippen molar-refractivity contribution in [2.75, 3.05) is 13.7 Å². The summed E-state index contributed by atoms with van der Waals surface area (Å²) in [6.45, 7) is 5.04. The number of pyridine rings is 1. The topological polar surface area (TPSA) is 71.5 Å². The summed E-state index contributed by atoms with van der Waals surface area (Å²) in [5, 5.41) is 2.97. The fraction of sp³-hybridized carbons (Fsp3) is 0.632. The van der Waals surface area contributed by atoms with Crippen LogP contribution in [0.4, 0.5) is 0 Å². The molecule has 1 aliphatic heterocycles. The van der Waals surface area contributed by atoms with Gasteiger partial charge in [-0.3, -0.25) is 9.59 Å². The van der Waals surface area contributed by atoms with Gasteiger partial charge in [-0.2, -0.15) is 0 Å². The predicted molar refractivity (Wildman–Crippen MR) is 94.0 cm³/mol. The van der Waals surface area contributed by atoms with Gasteiger partial charge in [-0.1, -0.05) is 13.0 Å². The predicted octanol–water partition coefficient (Wildman–Crippen LogP) is 2.05. The van der Waals surface area contributed by atoms with Crippen molar-refractivity contribution in [3.63, 3.8) is 0 Å². The zero-order valence-corrected chi connectivity index (χ0v) is 15.2.